The number of thiophene rings is 1. The summed E-state index contributed by atoms with van der Waals surface area (Å²) in [7, 11) is 4.03. The van der Waals surface area contributed by atoms with Gasteiger partial charge in [0.25, 0.3) is 5.91 Å². The van der Waals surface area contributed by atoms with Crippen molar-refractivity contribution >= 4 is 34.5 Å². The Bertz CT molecular complexity index is 910. The summed E-state index contributed by atoms with van der Waals surface area (Å²) in [6, 6.07) is 10.1. The van der Waals surface area contributed by atoms with Gasteiger partial charge in [0.2, 0.25) is 5.91 Å². The quantitative estimate of drug-likeness (QED) is 0.544. The van der Waals surface area contributed by atoms with Crippen molar-refractivity contribution in [3.8, 4) is 0 Å². The molecular formula is C26H37N3O2S. The summed E-state index contributed by atoms with van der Waals surface area (Å²) in [5.41, 5.74) is 2.84. The molecule has 6 heteroatoms. The standard InChI is InChI=1S/C26H37N3O2S/c1-26(2,3)17-24(30)27-20-13-14-22(28(4)5)19(16-20)18-29(21-10-7-6-8-11-21)25(31)23-12-9-15-32-23/h9,12-16,21H,6-8,10-11,17-18H2,1-5H3,(H,27,30). The first-order chi connectivity index (χ1) is 15.1. The van der Waals surface area contributed by atoms with E-state index in [0.717, 1.165) is 34.7 Å². The topological polar surface area (TPSA) is 52.7 Å². The lowest BCUT2D eigenvalue weighted by Crippen LogP contribution is -2.41. The Labute approximate surface area is 196 Å². The Hall–Kier alpha value is -2.34. The van der Waals surface area contributed by atoms with Crippen molar-refractivity contribution in [2.24, 2.45) is 5.41 Å². The Balaban J connectivity index is 1.89. The lowest BCUT2D eigenvalue weighted by atomic mass is 9.92. The fourth-order valence-electron chi connectivity index (χ4n) is 4.40. The van der Waals surface area contributed by atoms with E-state index in [4.69, 9.17) is 0 Å². The van der Waals surface area contributed by atoms with E-state index in [1.54, 1.807) is 0 Å². The molecule has 0 unspecified atom stereocenters. The maximum Gasteiger partial charge on any atom is 0.264 e. The van der Waals surface area contributed by atoms with Gasteiger partial charge in [-0.2, -0.15) is 0 Å². The summed E-state index contributed by atoms with van der Waals surface area (Å²) in [5.74, 6) is 0.124. The van der Waals surface area contributed by atoms with Gasteiger partial charge in [-0.1, -0.05) is 46.1 Å². The molecule has 1 saturated carbocycles. The van der Waals surface area contributed by atoms with E-state index < -0.39 is 0 Å². The maximum absolute atomic E-state index is 13.5. The van der Waals surface area contributed by atoms with Crippen LogP contribution in [0.2, 0.25) is 0 Å². The highest BCUT2D eigenvalue weighted by atomic mass is 32.1. The number of rotatable bonds is 7. The van der Waals surface area contributed by atoms with Gasteiger partial charge in [0.05, 0.1) is 4.88 Å². The van der Waals surface area contributed by atoms with E-state index in [2.05, 4.69) is 35.9 Å². The number of carbonyl (C=O) groups is 2. The molecule has 174 valence electrons. The number of nitrogens with zero attached hydrogens (tertiary/aromatic N) is 2. The van der Waals surface area contributed by atoms with Crippen LogP contribution in [0.5, 0.6) is 0 Å². The SMILES string of the molecule is CN(C)c1ccc(NC(=O)CC(C)(C)C)cc1CN(C(=O)c1cccs1)C1CCCCC1. The van der Waals surface area contributed by atoms with Crippen LogP contribution in [-0.4, -0.2) is 36.9 Å². The predicted octanol–water partition coefficient (Wildman–Crippen LogP) is 6.16. The first-order valence-electron chi connectivity index (χ1n) is 11.6. The molecule has 0 bridgehead atoms. The van der Waals surface area contributed by atoms with Crippen LogP contribution in [0.1, 0.15) is 74.5 Å². The second-order valence-corrected chi connectivity index (χ2v) is 11.2. The van der Waals surface area contributed by atoms with E-state index >= 15 is 0 Å². The van der Waals surface area contributed by atoms with Gasteiger partial charge < -0.3 is 15.1 Å². The van der Waals surface area contributed by atoms with Crippen LogP contribution < -0.4 is 10.2 Å². The highest BCUT2D eigenvalue weighted by molar-refractivity contribution is 7.12. The summed E-state index contributed by atoms with van der Waals surface area (Å²) in [6.07, 6.45) is 6.15. The molecular weight excluding hydrogens is 418 g/mol. The zero-order chi connectivity index (χ0) is 23.3. The van der Waals surface area contributed by atoms with E-state index in [1.807, 2.05) is 49.8 Å². The summed E-state index contributed by atoms with van der Waals surface area (Å²) in [6.45, 7) is 6.72. The number of nitrogens with one attached hydrogen (secondary N) is 1. The number of amides is 2. The first kappa shape index (κ1) is 24.3. The van der Waals surface area contributed by atoms with Gasteiger partial charge in [0, 0.05) is 44.5 Å². The molecule has 2 aromatic rings. The minimum Gasteiger partial charge on any atom is -0.377 e. The number of anilines is 2. The Morgan fingerprint density at radius 2 is 1.81 bits per heavy atom. The van der Waals surface area contributed by atoms with Gasteiger partial charge >= 0.3 is 0 Å². The molecule has 5 nitrogen and oxygen atoms in total. The lowest BCUT2D eigenvalue weighted by molar-refractivity contribution is -0.117. The molecule has 1 aromatic heterocycles. The smallest absolute Gasteiger partial charge is 0.264 e. The molecule has 32 heavy (non-hydrogen) atoms. The number of benzene rings is 1. The summed E-state index contributed by atoms with van der Waals surface area (Å²) >= 11 is 1.50. The molecule has 1 N–H and O–H groups in total. The highest BCUT2D eigenvalue weighted by Crippen LogP contribution is 2.31. The molecule has 0 spiro atoms. The number of hydrogen-bond donors (Lipinski definition) is 1. The van der Waals surface area contributed by atoms with Crippen LogP contribution in [0.25, 0.3) is 0 Å². The van der Waals surface area contributed by atoms with Crippen molar-refractivity contribution in [3.05, 3.63) is 46.2 Å². The fraction of sp³-hybridized carbons (Fsp3) is 0.538. The van der Waals surface area contributed by atoms with E-state index in [1.165, 1.54) is 30.6 Å². The molecule has 0 aliphatic heterocycles. The van der Waals surface area contributed by atoms with E-state index in [9.17, 15) is 9.59 Å². The molecule has 0 saturated heterocycles. The van der Waals surface area contributed by atoms with Crippen LogP contribution in [0.4, 0.5) is 11.4 Å². The summed E-state index contributed by atoms with van der Waals surface area (Å²) < 4.78 is 0. The zero-order valence-corrected chi connectivity index (χ0v) is 20.9. The van der Waals surface area contributed by atoms with Gasteiger partial charge in [-0.15, -0.1) is 11.3 Å². The van der Waals surface area contributed by atoms with Crippen molar-refractivity contribution < 1.29 is 9.59 Å². The van der Waals surface area contributed by atoms with E-state index in [-0.39, 0.29) is 23.3 Å². The van der Waals surface area contributed by atoms with Crippen LogP contribution >= 0.6 is 11.3 Å². The average Bonchev–Trinajstić information content (AvgIpc) is 3.25. The molecule has 1 heterocycles. The van der Waals surface area contributed by atoms with Gasteiger partial charge in [-0.05, 0) is 53.5 Å². The van der Waals surface area contributed by atoms with Gasteiger partial charge in [-0.3, -0.25) is 9.59 Å². The minimum absolute atomic E-state index is 0.0138. The highest BCUT2D eigenvalue weighted by Gasteiger charge is 2.28. The normalized spacial score (nSPS) is 14.8. The van der Waals surface area contributed by atoms with Crippen molar-refractivity contribution in [2.45, 2.75) is 71.9 Å². The maximum atomic E-state index is 13.5. The van der Waals surface area contributed by atoms with E-state index in [0.29, 0.717) is 13.0 Å². The molecule has 1 fully saturated rings. The average molecular weight is 456 g/mol. The van der Waals surface area contributed by atoms with Crippen molar-refractivity contribution in [1.82, 2.24) is 4.90 Å². The molecule has 1 aliphatic carbocycles. The zero-order valence-electron chi connectivity index (χ0n) is 20.1. The van der Waals surface area contributed by atoms with Crippen LogP contribution in [0.3, 0.4) is 0 Å². The first-order valence-corrected chi connectivity index (χ1v) is 12.5. The monoisotopic (exact) mass is 455 g/mol. The van der Waals surface area contributed by atoms with Crippen molar-refractivity contribution in [3.63, 3.8) is 0 Å². The predicted molar refractivity (Wildman–Crippen MR) is 135 cm³/mol. The van der Waals surface area contributed by atoms with Crippen LogP contribution in [0.15, 0.2) is 35.7 Å². The lowest BCUT2D eigenvalue weighted by Gasteiger charge is -2.35. The van der Waals surface area contributed by atoms with Crippen LogP contribution in [-0.2, 0) is 11.3 Å². The summed E-state index contributed by atoms with van der Waals surface area (Å²) in [4.78, 5) is 30.9. The fourth-order valence-corrected chi connectivity index (χ4v) is 5.08. The Morgan fingerprint density at radius 3 is 2.41 bits per heavy atom. The van der Waals surface area contributed by atoms with Gasteiger partial charge in [0.1, 0.15) is 0 Å². The largest absolute Gasteiger partial charge is 0.377 e. The van der Waals surface area contributed by atoms with Gasteiger partial charge in [-0.25, -0.2) is 0 Å². The second-order valence-electron chi connectivity index (χ2n) is 10.2. The molecule has 0 atom stereocenters. The van der Waals surface area contributed by atoms with Crippen LogP contribution in [0, 0.1) is 5.41 Å². The third kappa shape index (κ3) is 6.58. The molecule has 3 rings (SSSR count). The summed E-state index contributed by atoms with van der Waals surface area (Å²) in [5, 5.41) is 5.02. The molecule has 0 radical (unpaired) electrons. The van der Waals surface area contributed by atoms with Gasteiger partial charge in [0.15, 0.2) is 0 Å². The minimum atomic E-state index is -0.0681. The Morgan fingerprint density at radius 1 is 1.09 bits per heavy atom. The molecule has 2 amide bonds. The third-order valence-corrected chi connectivity index (χ3v) is 6.74. The molecule has 1 aliphatic rings. The Kier molecular flexibility index (Phi) is 7.99. The number of carbonyl (C=O) groups excluding carboxylic acids is 2. The molecule has 1 aromatic carbocycles. The second kappa shape index (κ2) is 10.5. The number of hydrogen-bond acceptors (Lipinski definition) is 4. The van der Waals surface area contributed by atoms with Crippen molar-refractivity contribution in [2.75, 3.05) is 24.3 Å². The van der Waals surface area contributed by atoms with Crippen molar-refractivity contribution in [1.29, 1.82) is 0 Å². The third-order valence-electron chi connectivity index (χ3n) is 5.88.